The van der Waals surface area contributed by atoms with E-state index < -0.39 is 0 Å². The van der Waals surface area contributed by atoms with Crippen LogP contribution in [-0.2, 0) is 13.0 Å². The molecule has 2 aromatic rings. The van der Waals surface area contributed by atoms with Crippen LogP contribution in [0.4, 0.5) is 5.69 Å². The van der Waals surface area contributed by atoms with E-state index in [1.165, 1.54) is 22.4 Å². The molecule has 0 radical (unpaired) electrons. The molecular formula is C18H21ClN2. The molecule has 0 bridgehead atoms. The van der Waals surface area contributed by atoms with Gasteiger partial charge in [0.05, 0.1) is 0 Å². The van der Waals surface area contributed by atoms with Crippen molar-refractivity contribution in [2.75, 3.05) is 18.5 Å². The van der Waals surface area contributed by atoms with Gasteiger partial charge in [0.1, 0.15) is 0 Å². The van der Waals surface area contributed by atoms with Crippen molar-refractivity contribution in [2.45, 2.75) is 25.9 Å². The van der Waals surface area contributed by atoms with Gasteiger partial charge in [-0.05, 0) is 48.2 Å². The molecule has 1 atom stereocenters. The quantitative estimate of drug-likeness (QED) is 0.911. The van der Waals surface area contributed by atoms with Crippen LogP contribution in [0, 0.1) is 0 Å². The van der Waals surface area contributed by atoms with E-state index >= 15 is 0 Å². The summed E-state index contributed by atoms with van der Waals surface area (Å²) in [4.78, 5) is 2.32. The minimum atomic E-state index is 0.318. The summed E-state index contributed by atoms with van der Waals surface area (Å²) in [5, 5.41) is 4.37. The Morgan fingerprint density at radius 3 is 2.71 bits per heavy atom. The number of benzene rings is 2. The minimum absolute atomic E-state index is 0.318. The van der Waals surface area contributed by atoms with Gasteiger partial charge in [0.25, 0.3) is 0 Å². The molecule has 0 amide bonds. The molecule has 0 saturated carbocycles. The molecule has 21 heavy (non-hydrogen) atoms. The summed E-state index contributed by atoms with van der Waals surface area (Å²) in [5.41, 5.74) is 5.46. The third-order valence-corrected chi connectivity index (χ3v) is 4.51. The molecule has 0 aromatic heterocycles. The highest BCUT2D eigenvalue weighted by Gasteiger charge is 2.15. The van der Waals surface area contributed by atoms with Crippen LogP contribution in [0.3, 0.4) is 0 Å². The van der Waals surface area contributed by atoms with Gasteiger partial charge in [-0.3, -0.25) is 0 Å². The molecule has 0 spiro atoms. The smallest absolute Gasteiger partial charge is 0.0406 e. The zero-order valence-corrected chi connectivity index (χ0v) is 13.3. The Morgan fingerprint density at radius 1 is 1.19 bits per heavy atom. The van der Waals surface area contributed by atoms with E-state index in [9.17, 15) is 0 Å². The number of rotatable bonds is 4. The maximum Gasteiger partial charge on any atom is 0.0406 e. The van der Waals surface area contributed by atoms with Gasteiger partial charge in [0.2, 0.25) is 0 Å². The lowest BCUT2D eigenvalue weighted by atomic mass is 10.1. The average Bonchev–Trinajstić information content (AvgIpc) is 2.86. The first-order valence-corrected chi connectivity index (χ1v) is 7.83. The van der Waals surface area contributed by atoms with Crippen molar-refractivity contribution in [1.82, 2.24) is 5.32 Å². The van der Waals surface area contributed by atoms with Gasteiger partial charge < -0.3 is 10.2 Å². The number of fused-ring (bicyclic) bond motifs is 1. The van der Waals surface area contributed by atoms with Crippen LogP contribution in [0.1, 0.15) is 29.7 Å². The molecule has 3 rings (SSSR count). The van der Waals surface area contributed by atoms with Crippen molar-refractivity contribution in [3.8, 4) is 0 Å². The number of halogens is 1. The summed E-state index contributed by atoms with van der Waals surface area (Å²) in [5.74, 6) is 0. The number of hydrogen-bond acceptors (Lipinski definition) is 2. The van der Waals surface area contributed by atoms with E-state index in [-0.39, 0.29) is 0 Å². The molecule has 3 heteroatoms. The second kappa shape index (κ2) is 6.08. The van der Waals surface area contributed by atoms with E-state index in [0.717, 1.165) is 24.5 Å². The van der Waals surface area contributed by atoms with E-state index in [1.807, 2.05) is 12.1 Å². The normalized spacial score (nSPS) is 15.1. The Bertz CT molecular complexity index is 622. The highest BCUT2D eigenvalue weighted by molar-refractivity contribution is 6.30. The topological polar surface area (TPSA) is 15.3 Å². The van der Waals surface area contributed by atoms with E-state index in [0.29, 0.717) is 6.04 Å². The van der Waals surface area contributed by atoms with Gasteiger partial charge in [-0.15, -0.1) is 0 Å². The van der Waals surface area contributed by atoms with Gasteiger partial charge in [0, 0.05) is 36.9 Å². The van der Waals surface area contributed by atoms with E-state index in [1.54, 1.807) is 0 Å². The second-order valence-electron chi connectivity index (χ2n) is 5.79. The van der Waals surface area contributed by atoms with E-state index in [2.05, 4.69) is 54.5 Å². The number of nitrogens with zero attached hydrogens (tertiary/aromatic N) is 1. The van der Waals surface area contributed by atoms with Gasteiger partial charge in [0.15, 0.2) is 0 Å². The summed E-state index contributed by atoms with van der Waals surface area (Å²) in [6, 6.07) is 15.2. The monoisotopic (exact) mass is 300 g/mol. The van der Waals surface area contributed by atoms with E-state index in [4.69, 9.17) is 11.6 Å². The molecule has 0 fully saturated rings. The molecule has 0 unspecified atom stereocenters. The molecule has 110 valence electrons. The van der Waals surface area contributed by atoms with Crippen LogP contribution in [0.2, 0.25) is 5.02 Å². The molecule has 1 heterocycles. The number of anilines is 1. The Hall–Kier alpha value is -1.51. The van der Waals surface area contributed by atoms with Gasteiger partial charge >= 0.3 is 0 Å². The number of likely N-dealkylation sites (N-methyl/N-ethyl adjacent to an activating group) is 1. The van der Waals surface area contributed by atoms with Crippen LogP contribution in [0.5, 0.6) is 0 Å². The highest BCUT2D eigenvalue weighted by Crippen LogP contribution is 2.27. The van der Waals surface area contributed by atoms with Crippen molar-refractivity contribution in [3.63, 3.8) is 0 Å². The number of hydrogen-bond donors (Lipinski definition) is 1. The zero-order chi connectivity index (χ0) is 14.8. The lowest BCUT2D eigenvalue weighted by Crippen LogP contribution is -2.18. The lowest BCUT2D eigenvalue weighted by molar-refractivity contribution is 0.574. The third kappa shape index (κ3) is 3.22. The first-order valence-electron chi connectivity index (χ1n) is 7.45. The van der Waals surface area contributed by atoms with Gasteiger partial charge in [-0.1, -0.05) is 35.9 Å². The maximum atomic E-state index is 5.93. The molecule has 0 saturated heterocycles. The predicted molar refractivity (Wildman–Crippen MR) is 90.1 cm³/mol. The molecule has 2 nitrogen and oxygen atoms in total. The predicted octanol–water partition coefficient (Wildman–Crippen LogP) is 4.18. The summed E-state index contributed by atoms with van der Waals surface area (Å²) in [6.45, 7) is 4.21. The second-order valence-corrected chi connectivity index (χ2v) is 6.23. The first kappa shape index (κ1) is 14.4. The molecule has 1 aliphatic heterocycles. The molecule has 2 aromatic carbocycles. The zero-order valence-electron chi connectivity index (χ0n) is 12.6. The highest BCUT2D eigenvalue weighted by atomic mass is 35.5. The Labute approximate surface area is 131 Å². The fourth-order valence-corrected chi connectivity index (χ4v) is 3.00. The van der Waals surface area contributed by atoms with Crippen LogP contribution in [-0.4, -0.2) is 13.6 Å². The maximum absolute atomic E-state index is 5.93. The Kier molecular flexibility index (Phi) is 4.18. The summed E-state index contributed by atoms with van der Waals surface area (Å²) >= 11 is 5.93. The van der Waals surface area contributed by atoms with Crippen molar-refractivity contribution in [3.05, 3.63) is 64.2 Å². The van der Waals surface area contributed by atoms with Crippen molar-refractivity contribution >= 4 is 17.3 Å². The van der Waals surface area contributed by atoms with Crippen molar-refractivity contribution in [2.24, 2.45) is 0 Å². The van der Waals surface area contributed by atoms with Gasteiger partial charge in [-0.2, -0.15) is 0 Å². The van der Waals surface area contributed by atoms with Crippen LogP contribution >= 0.6 is 11.6 Å². The minimum Gasteiger partial charge on any atom is -0.374 e. The summed E-state index contributed by atoms with van der Waals surface area (Å²) in [7, 11) is 2.16. The van der Waals surface area contributed by atoms with Crippen molar-refractivity contribution in [1.29, 1.82) is 0 Å². The first-order chi connectivity index (χ1) is 10.1. The molecular weight excluding hydrogens is 280 g/mol. The fourth-order valence-electron chi connectivity index (χ4n) is 2.87. The largest absolute Gasteiger partial charge is 0.374 e. The van der Waals surface area contributed by atoms with Crippen molar-refractivity contribution < 1.29 is 0 Å². The molecule has 0 aliphatic carbocycles. The average molecular weight is 301 g/mol. The molecule has 1 N–H and O–H groups in total. The van der Waals surface area contributed by atoms with Crippen LogP contribution in [0.25, 0.3) is 0 Å². The van der Waals surface area contributed by atoms with Crippen LogP contribution < -0.4 is 10.2 Å². The Morgan fingerprint density at radius 2 is 1.95 bits per heavy atom. The SMILES string of the molecule is C[C@H](NCc1ccc2c(c1)CCN2C)c1ccc(Cl)cc1. The third-order valence-electron chi connectivity index (χ3n) is 4.25. The molecule has 1 aliphatic rings. The number of nitrogens with one attached hydrogen (secondary N) is 1. The lowest BCUT2D eigenvalue weighted by Gasteiger charge is -2.16. The Balaban J connectivity index is 1.64. The fraction of sp³-hybridized carbons (Fsp3) is 0.333. The van der Waals surface area contributed by atoms with Gasteiger partial charge in [-0.25, -0.2) is 0 Å². The standard InChI is InChI=1S/C18H21ClN2/c1-13(15-4-6-17(19)7-5-15)20-12-14-3-8-18-16(11-14)9-10-21(18)2/h3-8,11,13,20H,9-10,12H2,1-2H3/t13-/m0/s1. The summed E-state index contributed by atoms with van der Waals surface area (Å²) < 4.78 is 0. The van der Waals surface area contributed by atoms with Crippen LogP contribution in [0.15, 0.2) is 42.5 Å². The summed E-state index contributed by atoms with van der Waals surface area (Å²) in [6.07, 6.45) is 1.16.